The summed E-state index contributed by atoms with van der Waals surface area (Å²) in [6.45, 7) is 2.86. The highest BCUT2D eigenvalue weighted by molar-refractivity contribution is 7.10. The second-order valence-corrected chi connectivity index (χ2v) is 5.58. The van der Waals surface area contributed by atoms with E-state index in [1.807, 2.05) is 30.3 Å². The molecule has 0 spiro atoms. The lowest BCUT2D eigenvalue weighted by molar-refractivity contribution is 0.575. The summed E-state index contributed by atoms with van der Waals surface area (Å²) in [7, 11) is 0. The second-order valence-electron chi connectivity index (χ2n) is 4.60. The number of H-pyrrole nitrogens is 1. The third kappa shape index (κ3) is 2.79. The zero-order valence-electron chi connectivity index (χ0n) is 11.2. The molecule has 20 heavy (non-hydrogen) atoms. The van der Waals surface area contributed by atoms with Gasteiger partial charge in [0.2, 0.25) is 0 Å². The van der Waals surface area contributed by atoms with Gasteiger partial charge in [0.05, 0.1) is 0 Å². The van der Waals surface area contributed by atoms with Gasteiger partial charge >= 0.3 is 0 Å². The van der Waals surface area contributed by atoms with Gasteiger partial charge in [-0.15, -0.1) is 11.3 Å². The number of hydrogen-bond donors (Lipinski definition) is 2. The summed E-state index contributed by atoms with van der Waals surface area (Å²) in [6.07, 6.45) is 0. The van der Waals surface area contributed by atoms with E-state index in [0.29, 0.717) is 12.6 Å². The van der Waals surface area contributed by atoms with Gasteiger partial charge in [-0.3, -0.25) is 0 Å². The largest absolute Gasteiger partial charge is 0.304 e. The molecule has 5 heteroatoms. The van der Waals surface area contributed by atoms with Gasteiger partial charge in [0.25, 0.3) is 0 Å². The molecule has 102 valence electrons. The van der Waals surface area contributed by atoms with Crippen LogP contribution in [0.15, 0.2) is 47.8 Å². The Hall–Kier alpha value is -1.98. The number of rotatable bonds is 5. The number of aromatic amines is 1. The molecule has 0 unspecified atom stereocenters. The zero-order chi connectivity index (χ0) is 13.8. The highest BCUT2D eigenvalue weighted by Crippen LogP contribution is 2.21. The Morgan fingerprint density at radius 1 is 1.15 bits per heavy atom. The van der Waals surface area contributed by atoms with Crippen molar-refractivity contribution >= 4 is 11.3 Å². The third-order valence-corrected chi connectivity index (χ3v) is 4.27. The molecule has 0 radical (unpaired) electrons. The number of thiophene rings is 1. The Labute approximate surface area is 121 Å². The van der Waals surface area contributed by atoms with Gasteiger partial charge in [-0.2, -0.15) is 15.4 Å². The minimum Gasteiger partial charge on any atom is -0.304 e. The molecule has 0 aliphatic carbocycles. The van der Waals surface area contributed by atoms with Crippen molar-refractivity contribution < 1.29 is 0 Å². The molecule has 2 aromatic heterocycles. The van der Waals surface area contributed by atoms with Gasteiger partial charge in [-0.25, -0.2) is 0 Å². The van der Waals surface area contributed by atoms with E-state index in [-0.39, 0.29) is 0 Å². The van der Waals surface area contributed by atoms with E-state index in [4.69, 9.17) is 0 Å². The predicted molar refractivity (Wildman–Crippen MR) is 81.4 cm³/mol. The molecule has 0 aliphatic heterocycles. The highest BCUT2D eigenvalue weighted by Gasteiger charge is 2.12. The molecule has 3 rings (SSSR count). The molecule has 2 N–H and O–H groups in total. The van der Waals surface area contributed by atoms with Gasteiger partial charge < -0.3 is 5.32 Å². The molecule has 0 saturated carbocycles. The van der Waals surface area contributed by atoms with E-state index >= 15 is 0 Å². The van der Waals surface area contributed by atoms with Crippen LogP contribution >= 0.6 is 11.3 Å². The van der Waals surface area contributed by atoms with Crippen LogP contribution in [0.5, 0.6) is 0 Å². The van der Waals surface area contributed by atoms with Crippen molar-refractivity contribution in [3.63, 3.8) is 0 Å². The van der Waals surface area contributed by atoms with Gasteiger partial charge in [-0.1, -0.05) is 36.4 Å². The van der Waals surface area contributed by atoms with Crippen molar-refractivity contribution in [2.24, 2.45) is 0 Å². The average Bonchev–Trinajstić information content (AvgIpc) is 3.17. The minimum absolute atomic E-state index is 0.315. The average molecular weight is 284 g/mol. The summed E-state index contributed by atoms with van der Waals surface area (Å²) in [5.74, 6) is 0. The lowest BCUT2D eigenvalue weighted by Gasteiger charge is -2.11. The molecular formula is C15H16N4S. The topological polar surface area (TPSA) is 53.6 Å². The van der Waals surface area contributed by atoms with Crippen molar-refractivity contribution in [3.05, 3.63) is 58.4 Å². The first-order valence-electron chi connectivity index (χ1n) is 6.56. The van der Waals surface area contributed by atoms with Crippen LogP contribution < -0.4 is 5.32 Å². The predicted octanol–water partition coefficient (Wildman–Crippen LogP) is 3.38. The van der Waals surface area contributed by atoms with E-state index in [2.05, 4.69) is 45.2 Å². The van der Waals surface area contributed by atoms with Crippen LogP contribution in [0.2, 0.25) is 0 Å². The van der Waals surface area contributed by atoms with Crippen LogP contribution in [0.1, 0.15) is 23.5 Å². The van der Waals surface area contributed by atoms with Crippen LogP contribution in [-0.4, -0.2) is 15.4 Å². The SMILES string of the molecule is C[C@@H](NCc1n[nH]nc1-c1ccccc1)c1cccs1. The molecular weight excluding hydrogens is 268 g/mol. The van der Waals surface area contributed by atoms with E-state index in [9.17, 15) is 0 Å². The smallest absolute Gasteiger partial charge is 0.117 e. The Kier molecular flexibility index (Phi) is 3.90. The number of aromatic nitrogens is 3. The van der Waals surface area contributed by atoms with Gasteiger partial charge in [-0.05, 0) is 18.4 Å². The number of nitrogens with zero attached hydrogens (tertiary/aromatic N) is 2. The molecule has 4 nitrogen and oxygen atoms in total. The monoisotopic (exact) mass is 284 g/mol. The summed E-state index contributed by atoms with van der Waals surface area (Å²) in [6, 6.07) is 14.6. The molecule has 1 aromatic carbocycles. The van der Waals surface area contributed by atoms with Gasteiger partial charge in [0, 0.05) is 23.0 Å². The van der Waals surface area contributed by atoms with Crippen molar-refractivity contribution in [3.8, 4) is 11.3 Å². The van der Waals surface area contributed by atoms with Gasteiger partial charge in [0.15, 0.2) is 0 Å². The third-order valence-electron chi connectivity index (χ3n) is 3.21. The van der Waals surface area contributed by atoms with Crippen LogP contribution in [-0.2, 0) is 6.54 Å². The Balaban J connectivity index is 1.72. The Morgan fingerprint density at radius 3 is 2.75 bits per heavy atom. The number of benzene rings is 1. The maximum absolute atomic E-state index is 4.25. The minimum atomic E-state index is 0.315. The van der Waals surface area contributed by atoms with Gasteiger partial charge in [0.1, 0.15) is 11.4 Å². The molecule has 0 fully saturated rings. The zero-order valence-corrected chi connectivity index (χ0v) is 12.0. The Bertz CT molecular complexity index is 646. The molecule has 0 bridgehead atoms. The van der Waals surface area contributed by atoms with E-state index < -0.39 is 0 Å². The molecule has 1 atom stereocenters. The first-order chi connectivity index (χ1) is 9.84. The lowest BCUT2D eigenvalue weighted by atomic mass is 10.1. The van der Waals surface area contributed by atoms with Crippen molar-refractivity contribution in [1.29, 1.82) is 0 Å². The van der Waals surface area contributed by atoms with Crippen molar-refractivity contribution in [2.75, 3.05) is 0 Å². The fourth-order valence-corrected chi connectivity index (χ4v) is 2.85. The second kappa shape index (κ2) is 5.98. The maximum Gasteiger partial charge on any atom is 0.117 e. The standard InChI is InChI=1S/C15H16N4S/c1-11(14-8-5-9-20-14)16-10-13-15(18-19-17-13)12-6-3-2-4-7-12/h2-9,11,16H,10H2,1H3,(H,17,18,19)/t11-/m1/s1. The highest BCUT2D eigenvalue weighted by atomic mass is 32.1. The summed E-state index contributed by atoms with van der Waals surface area (Å²) < 4.78 is 0. The van der Waals surface area contributed by atoms with E-state index in [0.717, 1.165) is 17.0 Å². The summed E-state index contributed by atoms with van der Waals surface area (Å²) in [4.78, 5) is 1.33. The molecule has 0 aliphatic rings. The van der Waals surface area contributed by atoms with E-state index in [1.54, 1.807) is 11.3 Å². The lowest BCUT2D eigenvalue weighted by Crippen LogP contribution is -2.17. The molecule has 0 saturated heterocycles. The molecule has 3 aromatic rings. The van der Waals surface area contributed by atoms with Crippen molar-refractivity contribution in [2.45, 2.75) is 19.5 Å². The normalized spacial score (nSPS) is 12.4. The summed E-state index contributed by atoms with van der Waals surface area (Å²) in [5.41, 5.74) is 2.94. The molecule has 0 amide bonds. The van der Waals surface area contributed by atoms with Crippen LogP contribution in [0.4, 0.5) is 0 Å². The summed E-state index contributed by atoms with van der Waals surface area (Å²) >= 11 is 1.76. The van der Waals surface area contributed by atoms with Crippen LogP contribution in [0, 0.1) is 0 Å². The number of nitrogens with one attached hydrogen (secondary N) is 2. The van der Waals surface area contributed by atoms with Crippen LogP contribution in [0.25, 0.3) is 11.3 Å². The fourth-order valence-electron chi connectivity index (χ4n) is 2.09. The van der Waals surface area contributed by atoms with Crippen molar-refractivity contribution in [1.82, 2.24) is 20.7 Å². The summed E-state index contributed by atoms with van der Waals surface area (Å²) in [5, 5.41) is 16.8. The van der Waals surface area contributed by atoms with E-state index in [1.165, 1.54) is 4.88 Å². The first-order valence-corrected chi connectivity index (χ1v) is 7.44. The first kappa shape index (κ1) is 13.0. The fraction of sp³-hybridized carbons (Fsp3) is 0.200. The van der Waals surface area contributed by atoms with Crippen LogP contribution in [0.3, 0.4) is 0 Å². The Morgan fingerprint density at radius 2 is 2.00 bits per heavy atom. The quantitative estimate of drug-likeness (QED) is 0.755. The maximum atomic E-state index is 4.25. The number of hydrogen-bond acceptors (Lipinski definition) is 4. The molecule has 2 heterocycles.